The number of hydrogen-bond donors (Lipinski definition) is 2. The molecule has 3 heteroatoms. The second-order valence-electron chi connectivity index (χ2n) is 5.37. The number of aliphatic hydroxyl groups excluding tert-OH is 1. The van der Waals surface area contributed by atoms with Crippen LogP contribution in [0.2, 0.25) is 0 Å². The minimum atomic E-state index is 0.0739. The molecule has 0 aromatic carbocycles. The molecule has 1 fully saturated rings. The highest BCUT2D eigenvalue weighted by Gasteiger charge is 2.38. The molecule has 2 N–H and O–H groups in total. The van der Waals surface area contributed by atoms with Gasteiger partial charge in [0.25, 0.3) is 0 Å². The molecule has 1 saturated carbocycles. The lowest BCUT2D eigenvalue weighted by Gasteiger charge is -2.32. The average Bonchev–Trinajstić information content (AvgIpc) is 2.70. The van der Waals surface area contributed by atoms with Crippen molar-refractivity contribution in [1.29, 1.82) is 0 Å². The molecule has 3 atom stereocenters. The van der Waals surface area contributed by atoms with Crippen LogP contribution in [0.4, 0.5) is 0 Å². The van der Waals surface area contributed by atoms with Gasteiger partial charge in [-0.15, -0.1) is 0 Å². The lowest BCUT2D eigenvalue weighted by Crippen LogP contribution is -2.45. The highest BCUT2D eigenvalue weighted by atomic mass is 16.5. The van der Waals surface area contributed by atoms with Crippen molar-refractivity contribution in [3.8, 4) is 0 Å². The van der Waals surface area contributed by atoms with Gasteiger partial charge in [0.05, 0.1) is 6.26 Å². The van der Waals surface area contributed by atoms with Gasteiger partial charge < -0.3 is 15.2 Å². The van der Waals surface area contributed by atoms with E-state index in [-0.39, 0.29) is 12.0 Å². The molecule has 0 bridgehead atoms. The van der Waals surface area contributed by atoms with E-state index in [1.807, 2.05) is 6.26 Å². The zero-order chi connectivity index (χ0) is 11.4. The van der Waals surface area contributed by atoms with Crippen molar-refractivity contribution in [1.82, 2.24) is 5.32 Å². The van der Waals surface area contributed by atoms with E-state index in [0.29, 0.717) is 12.1 Å². The van der Waals surface area contributed by atoms with Crippen molar-refractivity contribution in [2.75, 3.05) is 13.2 Å². The molecule has 2 aliphatic rings. The van der Waals surface area contributed by atoms with E-state index < -0.39 is 0 Å². The van der Waals surface area contributed by atoms with E-state index in [1.165, 1.54) is 12.8 Å². The van der Waals surface area contributed by atoms with Gasteiger partial charge in [0.15, 0.2) is 0 Å². The third kappa shape index (κ3) is 2.58. The predicted molar refractivity (Wildman–Crippen MR) is 64.1 cm³/mol. The van der Waals surface area contributed by atoms with E-state index in [4.69, 9.17) is 4.74 Å². The van der Waals surface area contributed by atoms with Gasteiger partial charge in [0.2, 0.25) is 0 Å². The molecule has 1 aliphatic heterocycles. The van der Waals surface area contributed by atoms with E-state index in [9.17, 15) is 5.11 Å². The van der Waals surface area contributed by atoms with Gasteiger partial charge in [-0.3, -0.25) is 0 Å². The number of allylic oxidation sites excluding steroid dienone is 1. The summed E-state index contributed by atoms with van der Waals surface area (Å²) in [6.07, 6.45) is 9.96. The molecule has 16 heavy (non-hydrogen) atoms. The molecule has 1 aliphatic carbocycles. The molecule has 0 saturated heterocycles. The summed E-state index contributed by atoms with van der Waals surface area (Å²) < 4.78 is 5.53. The van der Waals surface area contributed by atoms with Crippen LogP contribution < -0.4 is 5.32 Å². The second kappa shape index (κ2) is 5.19. The maximum atomic E-state index is 9.45. The van der Waals surface area contributed by atoms with Crippen molar-refractivity contribution < 1.29 is 9.84 Å². The Bertz CT molecular complexity index is 254. The van der Waals surface area contributed by atoms with Gasteiger partial charge in [0.1, 0.15) is 6.10 Å². The molecule has 3 nitrogen and oxygen atoms in total. The fourth-order valence-corrected chi connectivity index (χ4v) is 2.78. The maximum Gasteiger partial charge on any atom is 0.110 e. The molecule has 0 aromatic rings. The molecule has 0 radical (unpaired) electrons. The minimum Gasteiger partial charge on any atom is -0.497 e. The van der Waals surface area contributed by atoms with E-state index in [0.717, 1.165) is 25.8 Å². The Hall–Kier alpha value is -0.540. The molecule has 2 rings (SSSR count). The molecule has 0 unspecified atom stereocenters. The van der Waals surface area contributed by atoms with E-state index >= 15 is 0 Å². The summed E-state index contributed by atoms with van der Waals surface area (Å²) in [7, 11) is 0. The first-order chi connectivity index (χ1) is 7.74. The number of nitrogens with one attached hydrogen (secondary N) is 1. The van der Waals surface area contributed by atoms with Crippen molar-refractivity contribution in [3.05, 3.63) is 12.3 Å². The summed E-state index contributed by atoms with van der Waals surface area (Å²) in [4.78, 5) is 0. The lowest BCUT2D eigenvalue weighted by atomic mass is 9.85. The van der Waals surface area contributed by atoms with Crippen molar-refractivity contribution in [2.24, 2.45) is 5.41 Å². The van der Waals surface area contributed by atoms with Crippen LogP contribution in [0.1, 0.15) is 39.0 Å². The van der Waals surface area contributed by atoms with Crippen LogP contribution in [0, 0.1) is 5.41 Å². The standard InChI is InChI=1S/C13H23NO2/c1-13(10-15)7-4-6-12(13)14-9-11-5-2-3-8-16-11/h3,8,11-12,14-15H,2,4-7,9-10H2,1H3/t11-,12+,13+/m0/s1. The van der Waals surface area contributed by atoms with Crippen LogP contribution in [-0.2, 0) is 4.74 Å². The Morgan fingerprint density at radius 3 is 3.06 bits per heavy atom. The third-order valence-electron chi connectivity index (χ3n) is 4.06. The zero-order valence-corrected chi connectivity index (χ0v) is 10.1. The first-order valence-electron chi connectivity index (χ1n) is 6.39. The fourth-order valence-electron chi connectivity index (χ4n) is 2.78. The Balaban J connectivity index is 1.78. The van der Waals surface area contributed by atoms with Gasteiger partial charge in [-0.25, -0.2) is 0 Å². The zero-order valence-electron chi connectivity index (χ0n) is 10.1. The van der Waals surface area contributed by atoms with Crippen LogP contribution in [0.5, 0.6) is 0 Å². The third-order valence-corrected chi connectivity index (χ3v) is 4.06. The van der Waals surface area contributed by atoms with Crippen LogP contribution in [0.15, 0.2) is 12.3 Å². The molecular weight excluding hydrogens is 202 g/mol. The Labute approximate surface area is 97.9 Å². The predicted octanol–water partition coefficient (Wildman–Crippen LogP) is 1.82. The van der Waals surface area contributed by atoms with Crippen LogP contribution in [0.25, 0.3) is 0 Å². The van der Waals surface area contributed by atoms with Gasteiger partial charge in [-0.05, 0) is 31.8 Å². The molecule has 1 heterocycles. The Kier molecular flexibility index (Phi) is 3.87. The topological polar surface area (TPSA) is 41.5 Å². The van der Waals surface area contributed by atoms with Crippen LogP contribution in [-0.4, -0.2) is 30.4 Å². The smallest absolute Gasteiger partial charge is 0.110 e. The lowest BCUT2D eigenvalue weighted by molar-refractivity contribution is 0.0906. The van der Waals surface area contributed by atoms with Crippen molar-refractivity contribution in [3.63, 3.8) is 0 Å². The number of rotatable bonds is 4. The van der Waals surface area contributed by atoms with Crippen molar-refractivity contribution in [2.45, 2.75) is 51.2 Å². The summed E-state index contributed by atoms with van der Waals surface area (Å²) in [5.41, 5.74) is 0.0739. The first-order valence-corrected chi connectivity index (χ1v) is 6.39. The molecular formula is C13H23NO2. The average molecular weight is 225 g/mol. The summed E-state index contributed by atoms with van der Waals surface area (Å²) in [5.74, 6) is 0. The summed E-state index contributed by atoms with van der Waals surface area (Å²) in [5, 5.41) is 13.0. The quantitative estimate of drug-likeness (QED) is 0.767. The highest BCUT2D eigenvalue weighted by molar-refractivity contribution is 4.94. The van der Waals surface area contributed by atoms with Gasteiger partial charge in [-0.2, -0.15) is 0 Å². The first kappa shape index (κ1) is 11.9. The molecule has 92 valence electrons. The minimum absolute atomic E-state index is 0.0739. The molecule has 0 spiro atoms. The number of hydrogen-bond acceptors (Lipinski definition) is 3. The Morgan fingerprint density at radius 2 is 2.38 bits per heavy atom. The number of aliphatic hydroxyl groups is 1. The van der Waals surface area contributed by atoms with Gasteiger partial charge >= 0.3 is 0 Å². The largest absolute Gasteiger partial charge is 0.497 e. The molecule has 0 aromatic heterocycles. The van der Waals surface area contributed by atoms with Gasteiger partial charge in [-0.1, -0.05) is 13.3 Å². The fraction of sp³-hybridized carbons (Fsp3) is 0.846. The molecule has 0 amide bonds. The second-order valence-corrected chi connectivity index (χ2v) is 5.37. The van der Waals surface area contributed by atoms with Crippen molar-refractivity contribution >= 4 is 0 Å². The van der Waals surface area contributed by atoms with Crippen LogP contribution >= 0.6 is 0 Å². The van der Waals surface area contributed by atoms with Gasteiger partial charge in [0, 0.05) is 24.6 Å². The summed E-state index contributed by atoms with van der Waals surface area (Å²) >= 11 is 0. The Morgan fingerprint density at radius 1 is 1.50 bits per heavy atom. The van der Waals surface area contributed by atoms with E-state index in [2.05, 4.69) is 18.3 Å². The summed E-state index contributed by atoms with van der Waals surface area (Å²) in [6, 6.07) is 0.451. The SMILES string of the molecule is C[C@]1(CO)CCC[C@H]1NC[C@@H]1CCC=CO1. The highest BCUT2D eigenvalue weighted by Crippen LogP contribution is 2.37. The monoisotopic (exact) mass is 225 g/mol. The maximum absolute atomic E-state index is 9.45. The van der Waals surface area contributed by atoms with Crippen LogP contribution in [0.3, 0.4) is 0 Å². The number of ether oxygens (including phenoxy) is 1. The normalized spacial score (nSPS) is 38.6. The van der Waals surface area contributed by atoms with E-state index in [1.54, 1.807) is 0 Å². The summed E-state index contributed by atoms with van der Waals surface area (Å²) in [6.45, 7) is 3.37.